The molecule has 0 aliphatic rings. The lowest BCUT2D eigenvalue weighted by Gasteiger charge is -2.18. The number of amides is 1. The summed E-state index contributed by atoms with van der Waals surface area (Å²) >= 11 is 7.03. The van der Waals surface area contributed by atoms with Crippen molar-refractivity contribution >= 4 is 43.5 Å². The molecular formula is C16H16Br2N2O. The third-order valence-corrected chi connectivity index (χ3v) is 4.34. The van der Waals surface area contributed by atoms with Crippen LogP contribution in [0.25, 0.3) is 0 Å². The Labute approximate surface area is 141 Å². The number of carbonyl (C=O) groups is 1. The van der Waals surface area contributed by atoms with Crippen molar-refractivity contribution in [2.24, 2.45) is 0 Å². The summed E-state index contributed by atoms with van der Waals surface area (Å²) in [4.78, 5) is 11.7. The van der Waals surface area contributed by atoms with Crippen molar-refractivity contribution in [2.45, 2.75) is 13.0 Å². The molecule has 0 saturated heterocycles. The molecule has 2 aromatic rings. The summed E-state index contributed by atoms with van der Waals surface area (Å²) in [5.41, 5.74) is 2.71. The van der Waals surface area contributed by atoms with Crippen molar-refractivity contribution in [2.75, 3.05) is 12.4 Å². The number of nitrogens with one attached hydrogen (secondary N) is 2. The van der Waals surface area contributed by atoms with Crippen molar-refractivity contribution in [3.63, 3.8) is 0 Å². The van der Waals surface area contributed by atoms with Crippen LogP contribution in [0.3, 0.4) is 0 Å². The van der Waals surface area contributed by atoms with Crippen LogP contribution in [-0.4, -0.2) is 13.0 Å². The second-order valence-electron chi connectivity index (χ2n) is 4.69. The Balaban J connectivity index is 2.19. The highest BCUT2D eigenvalue weighted by molar-refractivity contribution is 9.11. The van der Waals surface area contributed by atoms with Gasteiger partial charge in [0.25, 0.3) is 5.91 Å². The zero-order valence-electron chi connectivity index (χ0n) is 11.8. The first-order valence-corrected chi connectivity index (χ1v) is 8.13. The monoisotopic (exact) mass is 410 g/mol. The van der Waals surface area contributed by atoms with Crippen molar-refractivity contribution in [1.29, 1.82) is 0 Å². The number of hydrogen-bond donors (Lipinski definition) is 2. The van der Waals surface area contributed by atoms with E-state index in [0.717, 1.165) is 20.2 Å². The maximum Gasteiger partial charge on any atom is 0.251 e. The zero-order valence-corrected chi connectivity index (χ0v) is 15.0. The van der Waals surface area contributed by atoms with E-state index in [9.17, 15) is 4.79 Å². The highest BCUT2D eigenvalue weighted by atomic mass is 79.9. The first kappa shape index (κ1) is 16.0. The first-order valence-electron chi connectivity index (χ1n) is 6.55. The summed E-state index contributed by atoms with van der Waals surface area (Å²) in [6, 6.07) is 13.7. The van der Waals surface area contributed by atoms with E-state index in [1.807, 2.05) is 30.3 Å². The lowest BCUT2D eigenvalue weighted by molar-refractivity contribution is 0.0963. The number of carbonyl (C=O) groups excluding carboxylic acids is 1. The van der Waals surface area contributed by atoms with Crippen LogP contribution in [0.15, 0.2) is 51.4 Å². The number of rotatable bonds is 4. The van der Waals surface area contributed by atoms with Gasteiger partial charge in [0.05, 0.1) is 0 Å². The average molecular weight is 412 g/mol. The first-order chi connectivity index (χ1) is 10.0. The minimum atomic E-state index is -0.0869. The molecule has 0 heterocycles. The summed E-state index contributed by atoms with van der Waals surface area (Å²) in [5.74, 6) is -0.0869. The summed E-state index contributed by atoms with van der Waals surface area (Å²) in [6.45, 7) is 2.08. The third kappa shape index (κ3) is 4.08. The van der Waals surface area contributed by atoms with Gasteiger partial charge in [0, 0.05) is 33.3 Å². The van der Waals surface area contributed by atoms with E-state index < -0.39 is 0 Å². The predicted octanol–water partition coefficient (Wildman–Crippen LogP) is 4.74. The van der Waals surface area contributed by atoms with Gasteiger partial charge in [-0.2, -0.15) is 0 Å². The standard InChI is InChI=1S/C16H16Br2N2O/c1-10(14-7-6-12(17)9-15(14)18)20-13-5-3-4-11(8-13)16(21)19-2/h3-10,20H,1-2H3,(H,19,21). The fraction of sp³-hybridized carbons (Fsp3) is 0.188. The van der Waals surface area contributed by atoms with Crippen molar-refractivity contribution in [3.05, 3.63) is 62.5 Å². The molecule has 1 atom stereocenters. The summed E-state index contributed by atoms with van der Waals surface area (Å²) in [6.07, 6.45) is 0. The SMILES string of the molecule is CNC(=O)c1cccc(NC(C)c2ccc(Br)cc2Br)c1. The van der Waals surface area contributed by atoms with E-state index in [4.69, 9.17) is 0 Å². The molecule has 2 aromatic carbocycles. The van der Waals surface area contributed by atoms with Crippen LogP contribution in [0.1, 0.15) is 28.9 Å². The fourth-order valence-corrected chi connectivity index (χ4v) is 3.47. The number of hydrogen-bond acceptors (Lipinski definition) is 2. The number of halogens is 2. The third-order valence-electron chi connectivity index (χ3n) is 3.16. The molecular weight excluding hydrogens is 396 g/mol. The second-order valence-corrected chi connectivity index (χ2v) is 6.46. The largest absolute Gasteiger partial charge is 0.378 e. The molecule has 0 aliphatic carbocycles. The molecule has 0 aromatic heterocycles. The van der Waals surface area contributed by atoms with Gasteiger partial charge in [-0.15, -0.1) is 0 Å². The molecule has 1 unspecified atom stereocenters. The van der Waals surface area contributed by atoms with Crippen molar-refractivity contribution in [3.8, 4) is 0 Å². The van der Waals surface area contributed by atoms with Gasteiger partial charge >= 0.3 is 0 Å². The molecule has 2 N–H and O–H groups in total. The Kier molecular flexibility index (Phi) is 5.42. The number of benzene rings is 2. The van der Waals surface area contributed by atoms with Gasteiger partial charge in [-0.05, 0) is 42.8 Å². The van der Waals surface area contributed by atoms with E-state index in [0.29, 0.717) is 5.56 Å². The molecule has 2 rings (SSSR count). The molecule has 0 radical (unpaired) electrons. The highest BCUT2D eigenvalue weighted by Crippen LogP contribution is 2.29. The van der Waals surface area contributed by atoms with Gasteiger partial charge in [-0.1, -0.05) is 44.0 Å². The Bertz CT molecular complexity index is 658. The molecule has 3 nitrogen and oxygen atoms in total. The smallest absolute Gasteiger partial charge is 0.251 e. The minimum Gasteiger partial charge on any atom is -0.378 e. The molecule has 5 heteroatoms. The molecule has 1 amide bonds. The number of anilines is 1. The quantitative estimate of drug-likeness (QED) is 0.762. The van der Waals surface area contributed by atoms with Gasteiger partial charge in [0.15, 0.2) is 0 Å². The summed E-state index contributed by atoms with van der Waals surface area (Å²) < 4.78 is 2.08. The Morgan fingerprint density at radius 3 is 2.57 bits per heavy atom. The van der Waals surface area contributed by atoms with Crippen molar-refractivity contribution < 1.29 is 4.79 Å². The molecule has 0 fully saturated rings. The van der Waals surface area contributed by atoms with Gasteiger partial charge in [0.1, 0.15) is 0 Å². The van der Waals surface area contributed by atoms with Crippen LogP contribution in [-0.2, 0) is 0 Å². The molecule has 0 spiro atoms. The van der Waals surface area contributed by atoms with E-state index in [1.54, 1.807) is 13.1 Å². The van der Waals surface area contributed by atoms with Crippen LogP contribution in [0.2, 0.25) is 0 Å². The van der Waals surface area contributed by atoms with Gasteiger partial charge < -0.3 is 10.6 Å². The fourth-order valence-electron chi connectivity index (χ4n) is 2.07. The van der Waals surface area contributed by atoms with E-state index in [1.165, 1.54) is 0 Å². The summed E-state index contributed by atoms with van der Waals surface area (Å²) in [5, 5.41) is 6.04. The Morgan fingerprint density at radius 2 is 1.90 bits per heavy atom. The van der Waals surface area contributed by atoms with Crippen LogP contribution >= 0.6 is 31.9 Å². The lowest BCUT2D eigenvalue weighted by atomic mass is 10.1. The summed E-state index contributed by atoms with van der Waals surface area (Å²) in [7, 11) is 1.63. The van der Waals surface area contributed by atoms with Crippen LogP contribution in [0.4, 0.5) is 5.69 Å². The van der Waals surface area contributed by atoms with Gasteiger partial charge in [-0.3, -0.25) is 4.79 Å². The maximum atomic E-state index is 11.7. The van der Waals surface area contributed by atoms with Gasteiger partial charge in [-0.25, -0.2) is 0 Å². The topological polar surface area (TPSA) is 41.1 Å². The van der Waals surface area contributed by atoms with Crippen LogP contribution in [0, 0.1) is 0 Å². The highest BCUT2D eigenvalue weighted by Gasteiger charge is 2.11. The van der Waals surface area contributed by atoms with E-state index >= 15 is 0 Å². The molecule has 0 bridgehead atoms. The normalized spacial score (nSPS) is 11.8. The maximum absolute atomic E-state index is 11.7. The lowest BCUT2D eigenvalue weighted by Crippen LogP contribution is -2.18. The second kappa shape index (κ2) is 7.09. The Morgan fingerprint density at radius 1 is 1.14 bits per heavy atom. The van der Waals surface area contributed by atoms with E-state index in [-0.39, 0.29) is 11.9 Å². The van der Waals surface area contributed by atoms with Crippen molar-refractivity contribution in [1.82, 2.24) is 5.32 Å². The Hall–Kier alpha value is -1.33. The predicted molar refractivity (Wildman–Crippen MR) is 93.7 cm³/mol. The van der Waals surface area contributed by atoms with Crippen LogP contribution < -0.4 is 10.6 Å². The minimum absolute atomic E-state index is 0.0869. The zero-order chi connectivity index (χ0) is 15.4. The molecule has 21 heavy (non-hydrogen) atoms. The van der Waals surface area contributed by atoms with Gasteiger partial charge in [0.2, 0.25) is 0 Å². The average Bonchev–Trinajstić information content (AvgIpc) is 2.46. The van der Waals surface area contributed by atoms with Crippen LogP contribution in [0.5, 0.6) is 0 Å². The molecule has 0 saturated carbocycles. The van der Waals surface area contributed by atoms with E-state index in [2.05, 4.69) is 55.5 Å². The molecule has 110 valence electrons. The molecule has 0 aliphatic heterocycles.